The number of hydrogen-bond acceptors (Lipinski definition) is 7. The summed E-state index contributed by atoms with van der Waals surface area (Å²) in [5.41, 5.74) is -0.0785. The topological polar surface area (TPSA) is 106 Å². The quantitative estimate of drug-likeness (QED) is 0.493. The fraction of sp³-hybridized carbons (Fsp3) is 0.647. The highest BCUT2D eigenvalue weighted by atomic mass is 32.2. The number of hydrogen-bond donors (Lipinski definition) is 0. The second kappa shape index (κ2) is 8.85. The van der Waals surface area contributed by atoms with E-state index in [0.717, 1.165) is 0 Å². The first kappa shape index (κ1) is 21.4. The Hall–Kier alpha value is -1.91. The predicted octanol–water partition coefficient (Wildman–Crippen LogP) is 0.943. The minimum atomic E-state index is -3.95. The van der Waals surface area contributed by atoms with Crippen molar-refractivity contribution >= 4 is 21.9 Å². The van der Waals surface area contributed by atoms with E-state index in [1.165, 1.54) is 25.3 Å². The van der Waals surface area contributed by atoms with Gasteiger partial charge in [0, 0.05) is 32.8 Å². The normalized spacial score (nSPS) is 15.8. The summed E-state index contributed by atoms with van der Waals surface area (Å²) >= 11 is 0. The third-order valence-electron chi connectivity index (χ3n) is 4.45. The number of rotatable bonds is 7. The van der Waals surface area contributed by atoms with Crippen LogP contribution in [-0.2, 0) is 24.3 Å². The molecule has 0 unspecified atom stereocenters. The summed E-state index contributed by atoms with van der Waals surface area (Å²) in [4.78, 5) is 25.6. The van der Waals surface area contributed by atoms with Gasteiger partial charge >= 0.3 is 5.97 Å². The zero-order chi connectivity index (χ0) is 20.2. The van der Waals surface area contributed by atoms with E-state index in [1.54, 1.807) is 4.90 Å². The minimum absolute atomic E-state index is 0.0638. The van der Waals surface area contributed by atoms with Crippen LogP contribution in [0.2, 0.25) is 0 Å². The molecule has 0 saturated carbocycles. The van der Waals surface area contributed by atoms with Gasteiger partial charge < -0.3 is 18.8 Å². The van der Waals surface area contributed by atoms with Crippen LogP contribution in [0.25, 0.3) is 0 Å². The third-order valence-corrected chi connectivity index (χ3v) is 6.50. The smallest absolute Gasteiger partial charge is 0.342 e. The van der Waals surface area contributed by atoms with E-state index >= 15 is 0 Å². The Labute approximate surface area is 159 Å². The summed E-state index contributed by atoms with van der Waals surface area (Å²) in [6.07, 6.45) is 0.271. The fourth-order valence-corrected chi connectivity index (χ4v) is 4.87. The molecular formula is C17H26N2O7S. The van der Waals surface area contributed by atoms with Gasteiger partial charge in [0.05, 0.1) is 20.1 Å². The number of aryl methyl sites for hydroxylation is 2. The first-order chi connectivity index (χ1) is 12.7. The lowest BCUT2D eigenvalue weighted by molar-refractivity contribution is -0.133. The first-order valence-corrected chi connectivity index (χ1v) is 10.2. The van der Waals surface area contributed by atoms with Crippen molar-refractivity contribution in [3.05, 3.63) is 17.1 Å². The maximum atomic E-state index is 13.1. The molecule has 9 nitrogen and oxygen atoms in total. The molecule has 0 N–H and O–H groups in total. The standard InChI is InChI=1S/C17H26N2O7S/c1-5-25-11-6-14(20)18-7-9-19(10-8-18)27(22,23)16-13(3)26-12(2)15(16)17(21)24-4/h5-11H2,1-4H3. The Morgan fingerprint density at radius 2 is 1.74 bits per heavy atom. The van der Waals surface area contributed by atoms with Gasteiger partial charge in [-0.2, -0.15) is 4.31 Å². The van der Waals surface area contributed by atoms with Gasteiger partial charge in [-0.05, 0) is 20.8 Å². The van der Waals surface area contributed by atoms with E-state index in [4.69, 9.17) is 13.9 Å². The molecule has 2 heterocycles. The molecule has 0 spiro atoms. The SMILES string of the molecule is CCOCCC(=O)N1CCN(S(=O)(=O)c2c(C)oc(C)c2C(=O)OC)CC1. The van der Waals surface area contributed by atoms with Crippen LogP contribution in [0.1, 0.15) is 35.2 Å². The maximum absolute atomic E-state index is 13.1. The number of methoxy groups -OCH3 is 1. The number of esters is 1. The van der Waals surface area contributed by atoms with E-state index < -0.39 is 16.0 Å². The van der Waals surface area contributed by atoms with Gasteiger partial charge in [0.1, 0.15) is 22.0 Å². The molecule has 10 heteroatoms. The number of piperazine rings is 1. The molecule has 0 atom stereocenters. The van der Waals surface area contributed by atoms with Gasteiger partial charge in [0.15, 0.2) is 0 Å². The van der Waals surface area contributed by atoms with E-state index in [0.29, 0.717) is 13.2 Å². The van der Waals surface area contributed by atoms with Gasteiger partial charge in [-0.25, -0.2) is 13.2 Å². The summed E-state index contributed by atoms with van der Waals surface area (Å²) in [6.45, 7) is 6.64. The summed E-state index contributed by atoms with van der Waals surface area (Å²) in [7, 11) is -2.76. The molecule has 1 saturated heterocycles. The van der Waals surface area contributed by atoms with Crippen molar-refractivity contribution in [3.8, 4) is 0 Å². The molecule has 0 radical (unpaired) electrons. The monoisotopic (exact) mass is 402 g/mol. The average molecular weight is 402 g/mol. The van der Waals surface area contributed by atoms with Crippen molar-refractivity contribution in [2.45, 2.75) is 32.1 Å². The first-order valence-electron chi connectivity index (χ1n) is 8.78. The summed E-state index contributed by atoms with van der Waals surface area (Å²) in [5.74, 6) is -0.482. The zero-order valence-corrected chi connectivity index (χ0v) is 16.9. The molecule has 0 aromatic carbocycles. The largest absolute Gasteiger partial charge is 0.465 e. The average Bonchev–Trinajstić information content (AvgIpc) is 2.95. The highest BCUT2D eigenvalue weighted by Crippen LogP contribution is 2.30. The van der Waals surface area contributed by atoms with Crippen molar-refractivity contribution in [2.24, 2.45) is 0 Å². The molecule has 1 aliphatic rings. The van der Waals surface area contributed by atoms with E-state index in [9.17, 15) is 18.0 Å². The molecule has 0 bridgehead atoms. The van der Waals surface area contributed by atoms with Crippen molar-refractivity contribution in [2.75, 3.05) is 46.5 Å². The Morgan fingerprint density at radius 3 is 2.30 bits per heavy atom. The lowest BCUT2D eigenvalue weighted by Crippen LogP contribution is -2.50. The Kier molecular flexibility index (Phi) is 7.01. The summed E-state index contributed by atoms with van der Waals surface area (Å²) in [5, 5.41) is 0. The van der Waals surface area contributed by atoms with Crippen LogP contribution in [0, 0.1) is 13.8 Å². The number of furan rings is 1. The lowest BCUT2D eigenvalue weighted by atomic mass is 10.2. The van der Waals surface area contributed by atoms with Crippen molar-refractivity contribution in [1.29, 1.82) is 0 Å². The molecule has 1 amide bonds. The second-order valence-corrected chi connectivity index (χ2v) is 8.02. The molecule has 2 rings (SSSR count). The molecule has 152 valence electrons. The number of sulfonamides is 1. The number of carbonyl (C=O) groups excluding carboxylic acids is 2. The van der Waals surface area contributed by atoms with E-state index in [1.807, 2.05) is 6.92 Å². The van der Waals surface area contributed by atoms with E-state index in [2.05, 4.69) is 0 Å². The van der Waals surface area contributed by atoms with Crippen LogP contribution in [0.5, 0.6) is 0 Å². The van der Waals surface area contributed by atoms with Crippen LogP contribution in [0.3, 0.4) is 0 Å². The molecule has 1 aliphatic heterocycles. The van der Waals surface area contributed by atoms with Gasteiger partial charge in [0.2, 0.25) is 15.9 Å². The zero-order valence-electron chi connectivity index (χ0n) is 16.1. The lowest BCUT2D eigenvalue weighted by Gasteiger charge is -2.34. The molecule has 1 aromatic rings. The predicted molar refractivity (Wildman–Crippen MR) is 96.0 cm³/mol. The third kappa shape index (κ3) is 4.50. The van der Waals surface area contributed by atoms with Gasteiger partial charge in [-0.15, -0.1) is 0 Å². The van der Waals surface area contributed by atoms with Crippen LogP contribution in [0.15, 0.2) is 9.31 Å². The van der Waals surface area contributed by atoms with Crippen molar-refractivity contribution < 1.29 is 31.9 Å². The van der Waals surface area contributed by atoms with Crippen LogP contribution in [-0.4, -0.2) is 76.0 Å². The summed E-state index contributed by atoms with van der Waals surface area (Å²) in [6, 6.07) is 0. The van der Waals surface area contributed by atoms with Crippen molar-refractivity contribution in [3.63, 3.8) is 0 Å². The van der Waals surface area contributed by atoms with Gasteiger partial charge in [-0.1, -0.05) is 0 Å². The Morgan fingerprint density at radius 1 is 1.11 bits per heavy atom. The molecule has 1 fully saturated rings. The minimum Gasteiger partial charge on any atom is -0.465 e. The highest BCUT2D eigenvalue weighted by molar-refractivity contribution is 7.89. The number of ether oxygens (including phenoxy) is 2. The highest BCUT2D eigenvalue weighted by Gasteiger charge is 2.37. The van der Waals surface area contributed by atoms with Crippen molar-refractivity contribution in [1.82, 2.24) is 9.21 Å². The van der Waals surface area contributed by atoms with Crippen LogP contribution >= 0.6 is 0 Å². The maximum Gasteiger partial charge on any atom is 0.342 e. The second-order valence-electron chi connectivity index (χ2n) is 6.14. The summed E-state index contributed by atoms with van der Waals surface area (Å²) < 4.78 is 42.7. The number of carbonyl (C=O) groups is 2. The molecular weight excluding hydrogens is 376 g/mol. The number of amides is 1. The Balaban J connectivity index is 2.14. The number of nitrogens with zero attached hydrogens (tertiary/aromatic N) is 2. The van der Waals surface area contributed by atoms with Crippen LogP contribution < -0.4 is 0 Å². The van der Waals surface area contributed by atoms with E-state index in [-0.39, 0.29) is 60.5 Å². The van der Waals surface area contributed by atoms with Crippen LogP contribution in [0.4, 0.5) is 0 Å². The Bertz CT molecular complexity index is 792. The molecule has 1 aromatic heterocycles. The fourth-order valence-electron chi connectivity index (χ4n) is 3.08. The van der Waals surface area contributed by atoms with Gasteiger partial charge in [-0.3, -0.25) is 4.79 Å². The van der Waals surface area contributed by atoms with Gasteiger partial charge in [0.25, 0.3) is 0 Å². The molecule has 0 aliphatic carbocycles. The molecule has 27 heavy (non-hydrogen) atoms.